The minimum Gasteiger partial charge on any atom is -0.352 e. The molecule has 136 valence electrons. The summed E-state index contributed by atoms with van der Waals surface area (Å²) >= 11 is 0. The molecule has 3 N–H and O–H groups in total. The molecule has 0 saturated carbocycles. The fourth-order valence-electron chi connectivity index (χ4n) is 2.71. The summed E-state index contributed by atoms with van der Waals surface area (Å²) < 4.78 is 0. The number of amides is 1. The first-order valence-corrected chi connectivity index (χ1v) is 9.70. The lowest BCUT2D eigenvalue weighted by atomic mass is 10.0. The minimum atomic E-state index is -0.419. The third-order valence-electron chi connectivity index (χ3n) is 4.67. The molecule has 0 radical (unpaired) electrons. The highest BCUT2D eigenvalue weighted by Gasteiger charge is 2.14. The summed E-state index contributed by atoms with van der Waals surface area (Å²) in [5, 5.41) is 2.95. The Kier molecular flexibility index (Phi) is 10.4. The number of rotatable bonds is 12. The Morgan fingerprint density at radius 1 is 1.00 bits per heavy atom. The highest BCUT2D eigenvalue weighted by Crippen LogP contribution is 2.12. The van der Waals surface area contributed by atoms with Crippen LogP contribution in [0.15, 0.2) is 24.3 Å². The van der Waals surface area contributed by atoms with E-state index in [1.807, 2.05) is 6.92 Å². The van der Waals surface area contributed by atoms with Crippen molar-refractivity contribution in [1.29, 1.82) is 0 Å². The first kappa shape index (κ1) is 20.7. The molecule has 1 rings (SSSR count). The van der Waals surface area contributed by atoms with Crippen LogP contribution in [0.4, 0.5) is 0 Å². The van der Waals surface area contributed by atoms with Crippen LogP contribution in [-0.4, -0.2) is 18.0 Å². The normalized spacial score (nSPS) is 13.5. The zero-order chi connectivity index (χ0) is 17.8. The Bertz CT molecular complexity index is 455. The van der Waals surface area contributed by atoms with Gasteiger partial charge in [0.1, 0.15) is 0 Å². The van der Waals surface area contributed by atoms with E-state index in [1.54, 1.807) is 0 Å². The molecule has 3 nitrogen and oxygen atoms in total. The van der Waals surface area contributed by atoms with Crippen molar-refractivity contribution in [2.75, 3.05) is 0 Å². The zero-order valence-electron chi connectivity index (χ0n) is 15.8. The van der Waals surface area contributed by atoms with E-state index in [0.717, 1.165) is 12.8 Å². The van der Waals surface area contributed by atoms with Crippen molar-refractivity contribution in [1.82, 2.24) is 5.32 Å². The molecular formula is C21H36N2O. The van der Waals surface area contributed by atoms with E-state index in [-0.39, 0.29) is 11.9 Å². The lowest BCUT2D eigenvalue weighted by Crippen LogP contribution is -2.44. The third-order valence-corrected chi connectivity index (χ3v) is 4.67. The predicted octanol–water partition coefficient (Wildman–Crippen LogP) is 4.37. The van der Waals surface area contributed by atoms with Gasteiger partial charge in [0.15, 0.2) is 0 Å². The van der Waals surface area contributed by atoms with Crippen LogP contribution < -0.4 is 11.1 Å². The molecule has 0 saturated heterocycles. The van der Waals surface area contributed by atoms with E-state index in [1.165, 1.54) is 49.7 Å². The number of unbranched alkanes of at least 4 members (excludes halogenated alkanes) is 4. The van der Waals surface area contributed by atoms with Gasteiger partial charge in [-0.15, -0.1) is 0 Å². The zero-order valence-corrected chi connectivity index (χ0v) is 15.8. The molecule has 1 aromatic rings. The van der Waals surface area contributed by atoms with Crippen molar-refractivity contribution in [2.45, 2.75) is 90.6 Å². The monoisotopic (exact) mass is 332 g/mol. The maximum atomic E-state index is 11.9. The fraction of sp³-hybridized carbons (Fsp3) is 0.667. The molecular weight excluding hydrogens is 296 g/mol. The molecule has 0 bridgehead atoms. The number of nitrogens with one attached hydrogen (secondary N) is 1. The molecule has 3 heteroatoms. The Labute approximate surface area is 148 Å². The Morgan fingerprint density at radius 3 is 2.17 bits per heavy atom. The van der Waals surface area contributed by atoms with Crippen molar-refractivity contribution in [3.63, 3.8) is 0 Å². The van der Waals surface area contributed by atoms with Crippen molar-refractivity contribution in [3.05, 3.63) is 35.4 Å². The van der Waals surface area contributed by atoms with Crippen LogP contribution in [0.5, 0.6) is 0 Å². The van der Waals surface area contributed by atoms with Crippen LogP contribution in [0, 0.1) is 0 Å². The van der Waals surface area contributed by atoms with Gasteiger partial charge in [0.25, 0.3) is 0 Å². The van der Waals surface area contributed by atoms with Crippen molar-refractivity contribution in [3.8, 4) is 0 Å². The van der Waals surface area contributed by atoms with Crippen LogP contribution in [0.2, 0.25) is 0 Å². The number of benzene rings is 1. The maximum absolute atomic E-state index is 11.9. The molecule has 1 amide bonds. The molecule has 0 heterocycles. The van der Waals surface area contributed by atoms with Crippen molar-refractivity contribution < 1.29 is 4.79 Å². The second-order valence-corrected chi connectivity index (χ2v) is 6.94. The Hall–Kier alpha value is -1.35. The lowest BCUT2D eigenvalue weighted by Gasteiger charge is -2.16. The predicted molar refractivity (Wildman–Crippen MR) is 103 cm³/mol. The van der Waals surface area contributed by atoms with Gasteiger partial charge in [0.05, 0.1) is 6.04 Å². The number of carbonyl (C=O) groups is 1. The second-order valence-electron chi connectivity index (χ2n) is 6.94. The van der Waals surface area contributed by atoms with Gasteiger partial charge in [-0.1, -0.05) is 63.8 Å². The van der Waals surface area contributed by atoms with Gasteiger partial charge < -0.3 is 11.1 Å². The summed E-state index contributed by atoms with van der Waals surface area (Å²) in [6.45, 7) is 6.31. The van der Waals surface area contributed by atoms with E-state index in [9.17, 15) is 4.79 Å². The van der Waals surface area contributed by atoms with E-state index in [4.69, 9.17) is 5.73 Å². The highest BCUT2D eigenvalue weighted by molar-refractivity contribution is 5.81. The van der Waals surface area contributed by atoms with Crippen LogP contribution in [0.25, 0.3) is 0 Å². The first-order valence-electron chi connectivity index (χ1n) is 9.70. The van der Waals surface area contributed by atoms with Crippen LogP contribution in [0.1, 0.15) is 76.8 Å². The smallest absolute Gasteiger partial charge is 0.237 e. The van der Waals surface area contributed by atoms with Gasteiger partial charge in [-0.2, -0.15) is 0 Å². The van der Waals surface area contributed by atoms with Gasteiger partial charge in [0.2, 0.25) is 5.91 Å². The summed E-state index contributed by atoms with van der Waals surface area (Å²) in [7, 11) is 0. The molecule has 1 aromatic carbocycles. The summed E-state index contributed by atoms with van der Waals surface area (Å²) in [4.78, 5) is 11.9. The number of carbonyl (C=O) groups excluding carboxylic acids is 1. The summed E-state index contributed by atoms with van der Waals surface area (Å²) in [6, 6.07) is 8.58. The van der Waals surface area contributed by atoms with Crippen molar-refractivity contribution >= 4 is 5.91 Å². The third kappa shape index (κ3) is 8.49. The number of nitrogens with two attached hydrogens (primary N) is 1. The highest BCUT2D eigenvalue weighted by atomic mass is 16.2. The topological polar surface area (TPSA) is 55.1 Å². The SMILES string of the molecule is CCCCCCCc1ccc(CCC(N)C(=O)NC(C)CC)cc1. The average molecular weight is 333 g/mol. The molecule has 2 unspecified atom stereocenters. The first-order chi connectivity index (χ1) is 11.6. The van der Waals surface area contributed by atoms with Gasteiger partial charge in [-0.3, -0.25) is 4.79 Å². The van der Waals surface area contributed by atoms with Gasteiger partial charge in [-0.05, 0) is 50.2 Å². The van der Waals surface area contributed by atoms with Gasteiger partial charge >= 0.3 is 0 Å². The Balaban J connectivity index is 2.29. The minimum absolute atomic E-state index is 0.0342. The van der Waals surface area contributed by atoms with Crippen molar-refractivity contribution in [2.24, 2.45) is 5.73 Å². The lowest BCUT2D eigenvalue weighted by molar-refractivity contribution is -0.123. The standard InChI is InChI=1S/C21H36N2O/c1-4-6-7-8-9-10-18-11-13-19(14-12-18)15-16-20(22)21(24)23-17(3)5-2/h11-14,17,20H,4-10,15-16,22H2,1-3H3,(H,23,24). The van der Waals surface area contributed by atoms with Crippen LogP contribution >= 0.6 is 0 Å². The quantitative estimate of drug-likeness (QED) is 0.558. The second kappa shape index (κ2) is 12.1. The molecule has 24 heavy (non-hydrogen) atoms. The Morgan fingerprint density at radius 2 is 1.58 bits per heavy atom. The number of hydrogen-bond acceptors (Lipinski definition) is 2. The summed E-state index contributed by atoms with van der Waals surface area (Å²) in [5.41, 5.74) is 8.66. The van der Waals surface area contributed by atoms with Gasteiger partial charge in [-0.25, -0.2) is 0 Å². The van der Waals surface area contributed by atoms with E-state index >= 15 is 0 Å². The molecule has 0 aromatic heterocycles. The molecule has 0 fully saturated rings. The maximum Gasteiger partial charge on any atom is 0.237 e. The summed E-state index contributed by atoms with van der Waals surface area (Å²) in [5.74, 6) is -0.0342. The number of aryl methyl sites for hydroxylation is 2. The van der Waals surface area contributed by atoms with Crippen LogP contribution in [0.3, 0.4) is 0 Å². The number of hydrogen-bond donors (Lipinski definition) is 2. The summed E-state index contributed by atoms with van der Waals surface area (Å²) in [6.07, 6.45) is 10.3. The van der Waals surface area contributed by atoms with Crippen LogP contribution in [-0.2, 0) is 17.6 Å². The molecule has 0 aliphatic heterocycles. The average Bonchev–Trinajstić information content (AvgIpc) is 2.60. The fourth-order valence-corrected chi connectivity index (χ4v) is 2.71. The van der Waals surface area contributed by atoms with Gasteiger partial charge in [0, 0.05) is 6.04 Å². The molecule has 2 atom stereocenters. The molecule has 0 spiro atoms. The van der Waals surface area contributed by atoms with E-state index in [2.05, 4.69) is 43.4 Å². The van der Waals surface area contributed by atoms with E-state index < -0.39 is 6.04 Å². The van der Waals surface area contributed by atoms with E-state index in [0.29, 0.717) is 6.42 Å². The molecule has 0 aliphatic carbocycles. The molecule has 0 aliphatic rings. The largest absolute Gasteiger partial charge is 0.352 e.